The van der Waals surface area contributed by atoms with Crippen LogP contribution in [0.3, 0.4) is 0 Å². The number of nitrogens with zero attached hydrogens (tertiary/aromatic N) is 1. The van der Waals surface area contributed by atoms with Crippen molar-refractivity contribution in [2.45, 2.75) is 18.9 Å². The normalized spacial score (nSPS) is 31.8. The van der Waals surface area contributed by atoms with Crippen LogP contribution in [0.4, 0.5) is 0 Å². The molecule has 2 fully saturated rings. The van der Waals surface area contributed by atoms with Gasteiger partial charge in [-0.2, -0.15) is 0 Å². The van der Waals surface area contributed by atoms with Gasteiger partial charge >= 0.3 is 0 Å². The molecule has 0 radical (unpaired) electrons. The first kappa shape index (κ1) is 11.3. The van der Waals surface area contributed by atoms with Crippen LogP contribution in [0.15, 0.2) is 0 Å². The molecule has 88 valence electrons. The Bertz CT molecular complexity index is 189. The Morgan fingerprint density at radius 1 is 1.33 bits per heavy atom. The predicted octanol–water partition coefficient (Wildman–Crippen LogP) is -0.321. The van der Waals surface area contributed by atoms with Gasteiger partial charge in [0.05, 0.1) is 19.8 Å². The Labute approximate surface area is 91.6 Å². The molecule has 2 aliphatic rings. The molecule has 2 N–H and O–H groups in total. The monoisotopic (exact) mass is 214 g/mol. The Kier molecular flexibility index (Phi) is 4.38. The van der Waals surface area contributed by atoms with Gasteiger partial charge in [0.25, 0.3) is 0 Å². The summed E-state index contributed by atoms with van der Waals surface area (Å²) < 4.78 is 5.32. The lowest BCUT2D eigenvalue weighted by Gasteiger charge is -2.36. The van der Waals surface area contributed by atoms with Crippen molar-refractivity contribution < 1.29 is 9.84 Å². The average Bonchev–Trinajstić information content (AvgIpc) is 2.73. The van der Waals surface area contributed by atoms with E-state index in [0.29, 0.717) is 6.61 Å². The van der Waals surface area contributed by atoms with Crippen LogP contribution in [0.1, 0.15) is 12.8 Å². The summed E-state index contributed by atoms with van der Waals surface area (Å²) in [6, 6.07) is 0.733. The third-order valence-corrected chi connectivity index (χ3v) is 3.55. The summed E-state index contributed by atoms with van der Waals surface area (Å²) >= 11 is 0. The summed E-state index contributed by atoms with van der Waals surface area (Å²) in [5, 5.41) is 12.1. The number of nitrogens with one attached hydrogen (secondary N) is 1. The molecule has 2 heterocycles. The highest BCUT2D eigenvalue weighted by atomic mass is 16.5. The molecule has 2 unspecified atom stereocenters. The van der Waals surface area contributed by atoms with Gasteiger partial charge in [0.2, 0.25) is 0 Å². The molecule has 2 saturated heterocycles. The Balaban J connectivity index is 1.71. The highest BCUT2D eigenvalue weighted by molar-refractivity contribution is 4.91. The highest BCUT2D eigenvalue weighted by Gasteiger charge is 2.34. The fourth-order valence-electron chi connectivity index (χ4n) is 2.79. The minimum absolute atomic E-state index is 0.133. The third-order valence-electron chi connectivity index (χ3n) is 3.55. The number of hydrogen-bond acceptors (Lipinski definition) is 4. The smallest absolute Gasteiger partial charge is 0.0698 e. The number of aliphatic hydroxyl groups is 1. The van der Waals surface area contributed by atoms with Crippen LogP contribution >= 0.6 is 0 Å². The van der Waals surface area contributed by atoms with Crippen molar-refractivity contribution >= 4 is 0 Å². The molecule has 4 heteroatoms. The lowest BCUT2D eigenvalue weighted by Crippen LogP contribution is -2.46. The van der Waals surface area contributed by atoms with Crippen LogP contribution < -0.4 is 5.32 Å². The second-order valence-electron chi connectivity index (χ2n) is 4.50. The van der Waals surface area contributed by atoms with E-state index >= 15 is 0 Å². The minimum atomic E-state index is 0.133. The zero-order valence-corrected chi connectivity index (χ0v) is 9.32. The number of aliphatic hydroxyl groups excluding tert-OH is 1. The zero-order valence-electron chi connectivity index (χ0n) is 9.32. The first-order chi connectivity index (χ1) is 7.42. The maximum Gasteiger partial charge on any atom is 0.0698 e. The van der Waals surface area contributed by atoms with Gasteiger partial charge in [-0.1, -0.05) is 0 Å². The summed E-state index contributed by atoms with van der Waals surface area (Å²) in [5.41, 5.74) is 0. The quantitative estimate of drug-likeness (QED) is 0.616. The second-order valence-corrected chi connectivity index (χ2v) is 4.50. The second kappa shape index (κ2) is 5.80. The van der Waals surface area contributed by atoms with Crippen molar-refractivity contribution in [3.8, 4) is 0 Å². The lowest BCUT2D eigenvalue weighted by molar-refractivity contribution is 0.0478. The maximum absolute atomic E-state index is 8.60. The van der Waals surface area contributed by atoms with E-state index in [9.17, 15) is 0 Å². The predicted molar refractivity (Wildman–Crippen MR) is 58.9 cm³/mol. The van der Waals surface area contributed by atoms with Crippen molar-refractivity contribution in [3.63, 3.8) is 0 Å². The highest BCUT2D eigenvalue weighted by Crippen LogP contribution is 2.25. The molecule has 0 saturated carbocycles. The average molecular weight is 214 g/mol. The standard InChI is InChI=1S/C11H22N2O2/c14-5-7-15-6-4-13-3-1-2-10-8-12-9-11(10)13/h10-12,14H,1-9H2. The SMILES string of the molecule is OCCOCCN1CCCC2CNCC21. The molecule has 0 aromatic carbocycles. The van der Waals surface area contributed by atoms with E-state index in [1.54, 1.807) is 0 Å². The van der Waals surface area contributed by atoms with E-state index in [4.69, 9.17) is 9.84 Å². The summed E-state index contributed by atoms with van der Waals surface area (Å²) in [4.78, 5) is 2.55. The van der Waals surface area contributed by atoms with Crippen molar-refractivity contribution in [3.05, 3.63) is 0 Å². The van der Waals surface area contributed by atoms with Crippen LogP contribution in [0.2, 0.25) is 0 Å². The van der Waals surface area contributed by atoms with Gasteiger partial charge in [-0.05, 0) is 31.8 Å². The molecule has 15 heavy (non-hydrogen) atoms. The molecule has 4 nitrogen and oxygen atoms in total. The molecule has 2 rings (SSSR count). The van der Waals surface area contributed by atoms with Crippen molar-refractivity contribution in [1.29, 1.82) is 0 Å². The maximum atomic E-state index is 8.60. The number of likely N-dealkylation sites (tertiary alicyclic amines) is 1. The third kappa shape index (κ3) is 2.91. The molecule has 0 bridgehead atoms. The molecule has 0 aromatic heterocycles. The summed E-state index contributed by atoms with van der Waals surface area (Å²) in [5.74, 6) is 0.858. The van der Waals surface area contributed by atoms with Gasteiger partial charge in [-0.25, -0.2) is 0 Å². The van der Waals surface area contributed by atoms with Crippen molar-refractivity contribution in [1.82, 2.24) is 10.2 Å². The Morgan fingerprint density at radius 3 is 3.13 bits per heavy atom. The van der Waals surface area contributed by atoms with E-state index in [0.717, 1.165) is 31.7 Å². The van der Waals surface area contributed by atoms with E-state index in [2.05, 4.69) is 10.2 Å². The van der Waals surface area contributed by atoms with Crippen LogP contribution in [-0.4, -0.2) is 62.0 Å². The van der Waals surface area contributed by atoms with Gasteiger partial charge in [0.15, 0.2) is 0 Å². The summed E-state index contributed by atoms with van der Waals surface area (Å²) in [6.45, 7) is 5.93. The van der Waals surface area contributed by atoms with Crippen molar-refractivity contribution in [2.75, 3.05) is 46.0 Å². The topological polar surface area (TPSA) is 44.7 Å². The lowest BCUT2D eigenvalue weighted by atomic mass is 9.92. The molecule has 0 amide bonds. The van der Waals surface area contributed by atoms with Crippen LogP contribution in [0.5, 0.6) is 0 Å². The van der Waals surface area contributed by atoms with Gasteiger partial charge in [0, 0.05) is 19.1 Å². The van der Waals surface area contributed by atoms with Gasteiger partial charge in [-0.15, -0.1) is 0 Å². The van der Waals surface area contributed by atoms with Crippen LogP contribution in [-0.2, 0) is 4.74 Å². The largest absolute Gasteiger partial charge is 0.394 e. The number of rotatable bonds is 5. The molecule has 0 aliphatic carbocycles. The molecule has 2 aliphatic heterocycles. The van der Waals surface area contributed by atoms with Gasteiger partial charge < -0.3 is 15.2 Å². The number of fused-ring (bicyclic) bond motifs is 1. The molecular formula is C11H22N2O2. The van der Waals surface area contributed by atoms with E-state index in [-0.39, 0.29) is 6.61 Å². The Hall–Kier alpha value is -0.160. The summed E-state index contributed by atoms with van der Waals surface area (Å²) in [6.07, 6.45) is 2.70. The first-order valence-corrected chi connectivity index (χ1v) is 6.05. The van der Waals surface area contributed by atoms with E-state index < -0.39 is 0 Å². The van der Waals surface area contributed by atoms with Crippen LogP contribution in [0.25, 0.3) is 0 Å². The molecule has 2 atom stereocenters. The van der Waals surface area contributed by atoms with E-state index in [1.807, 2.05) is 0 Å². The van der Waals surface area contributed by atoms with Gasteiger partial charge in [-0.3, -0.25) is 4.90 Å². The number of hydrogen-bond donors (Lipinski definition) is 2. The fourth-order valence-corrected chi connectivity index (χ4v) is 2.79. The van der Waals surface area contributed by atoms with Crippen LogP contribution in [0, 0.1) is 5.92 Å². The van der Waals surface area contributed by atoms with Crippen molar-refractivity contribution in [2.24, 2.45) is 5.92 Å². The van der Waals surface area contributed by atoms with Gasteiger partial charge in [0.1, 0.15) is 0 Å². The number of piperidine rings is 1. The summed E-state index contributed by atoms with van der Waals surface area (Å²) in [7, 11) is 0. The Morgan fingerprint density at radius 2 is 2.27 bits per heavy atom. The zero-order chi connectivity index (χ0) is 10.5. The number of ether oxygens (including phenoxy) is 1. The molecule has 0 aromatic rings. The van der Waals surface area contributed by atoms with E-state index in [1.165, 1.54) is 25.9 Å². The minimum Gasteiger partial charge on any atom is -0.394 e. The molecular weight excluding hydrogens is 192 g/mol. The first-order valence-electron chi connectivity index (χ1n) is 6.05. The molecule has 0 spiro atoms. The fraction of sp³-hybridized carbons (Fsp3) is 1.00.